The van der Waals surface area contributed by atoms with Crippen LogP contribution in [0.25, 0.3) is 11.5 Å². The highest BCUT2D eigenvalue weighted by Gasteiger charge is 2.31. The van der Waals surface area contributed by atoms with Crippen LogP contribution in [0.15, 0.2) is 59.2 Å². The fourth-order valence-corrected chi connectivity index (χ4v) is 3.83. The number of hydrogen-bond donors (Lipinski definition) is 0. The number of carbonyl (C=O) groups is 1. The molecule has 29 heavy (non-hydrogen) atoms. The van der Waals surface area contributed by atoms with Crippen LogP contribution in [0.5, 0.6) is 11.5 Å². The minimum Gasteiger partial charge on any atom is -0.493 e. The Morgan fingerprint density at radius 3 is 2.69 bits per heavy atom. The number of nitrogens with zero attached hydrogens (tertiary/aromatic N) is 2. The van der Waals surface area contributed by atoms with E-state index in [9.17, 15) is 4.79 Å². The molecular formula is C23H24N2O4. The van der Waals surface area contributed by atoms with Gasteiger partial charge in [-0.05, 0) is 42.7 Å². The number of amides is 1. The second-order valence-corrected chi connectivity index (χ2v) is 7.05. The molecule has 1 saturated heterocycles. The number of methoxy groups -OCH3 is 2. The molecule has 1 aromatic heterocycles. The van der Waals surface area contributed by atoms with Crippen LogP contribution in [0.2, 0.25) is 0 Å². The molecule has 1 aliphatic heterocycles. The molecule has 3 aromatic rings. The maximum absolute atomic E-state index is 13.0. The van der Waals surface area contributed by atoms with Crippen LogP contribution >= 0.6 is 0 Å². The number of benzene rings is 2. The molecule has 1 fully saturated rings. The minimum absolute atomic E-state index is 0.0304. The van der Waals surface area contributed by atoms with E-state index >= 15 is 0 Å². The Labute approximate surface area is 170 Å². The Bertz CT molecular complexity index is 984. The summed E-state index contributed by atoms with van der Waals surface area (Å²) >= 11 is 0. The van der Waals surface area contributed by atoms with Gasteiger partial charge in [0.05, 0.1) is 32.4 Å². The molecule has 1 atom stereocenters. The average molecular weight is 392 g/mol. The summed E-state index contributed by atoms with van der Waals surface area (Å²) in [6.45, 7) is 0.737. The van der Waals surface area contributed by atoms with Crippen molar-refractivity contribution in [2.75, 3.05) is 20.8 Å². The average Bonchev–Trinajstić information content (AvgIpc) is 3.43. The van der Waals surface area contributed by atoms with Gasteiger partial charge in [0.1, 0.15) is 6.26 Å². The summed E-state index contributed by atoms with van der Waals surface area (Å²) in [5.41, 5.74) is 2.60. The van der Waals surface area contributed by atoms with Crippen LogP contribution in [0.4, 0.5) is 0 Å². The van der Waals surface area contributed by atoms with E-state index in [4.69, 9.17) is 13.9 Å². The molecule has 0 spiro atoms. The fourth-order valence-electron chi connectivity index (χ4n) is 3.83. The van der Waals surface area contributed by atoms with E-state index in [0.29, 0.717) is 23.1 Å². The molecular weight excluding hydrogens is 368 g/mol. The number of hydrogen-bond acceptors (Lipinski definition) is 5. The van der Waals surface area contributed by atoms with Crippen molar-refractivity contribution in [2.45, 2.75) is 25.3 Å². The monoisotopic (exact) mass is 392 g/mol. The number of carbonyl (C=O) groups excluding carboxylic acids is 1. The summed E-state index contributed by atoms with van der Waals surface area (Å²) in [4.78, 5) is 19.4. The summed E-state index contributed by atoms with van der Waals surface area (Å²) in [6.07, 6.45) is 3.69. The lowest BCUT2D eigenvalue weighted by molar-refractivity contribution is -0.131. The van der Waals surface area contributed by atoms with Crippen molar-refractivity contribution in [3.63, 3.8) is 0 Å². The van der Waals surface area contributed by atoms with E-state index < -0.39 is 0 Å². The Balaban J connectivity index is 1.49. The Morgan fingerprint density at radius 2 is 1.93 bits per heavy atom. The third-order valence-electron chi connectivity index (χ3n) is 5.27. The van der Waals surface area contributed by atoms with Gasteiger partial charge in [-0.2, -0.15) is 0 Å². The van der Waals surface area contributed by atoms with Crippen molar-refractivity contribution in [1.82, 2.24) is 9.88 Å². The van der Waals surface area contributed by atoms with E-state index in [1.54, 1.807) is 20.5 Å². The van der Waals surface area contributed by atoms with Crippen molar-refractivity contribution in [2.24, 2.45) is 0 Å². The predicted octanol–water partition coefficient (Wildman–Crippen LogP) is 4.27. The quantitative estimate of drug-likeness (QED) is 0.627. The van der Waals surface area contributed by atoms with Crippen LogP contribution in [-0.2, 0) is 11.2 Å². The second-order valence-electron chi connectivity index (χ2n) is 7.05. The molecule has 6 nitrogen and oxygen atoms in total. The lowest BCUT2D eigenvalue weighted by Crippen LogP contribution is -2.31. The van der Waals surface area contributed by atoms with Crippen molar-refractivity contribution >= 4 is 5.91 Å². The first-order valence-electron chi connectivity index (χ1n) is 9.71. The molecule has 0 radical (unpaired) electrons. The Hall–Kier alpha value is -3.28. The van der Waals surface area contributed by atoms with E-state index in [1.807, 2.05) is 53.4 Å². The molecule has 150 valence electrons. The summed E-state index contributed by atoms with van der Waals surface area (Å²) in [6, 6.07) is 15.6. The molecule has 0 aliphatic carbocycles. The third kappa shape index (κ3) is 3.97. The normalized spacial score (nSPS) is 16.1. The standard InChI is InChI=1S/C23H24N2O4/c1-27-20-11-10-17(13-21(20)28-2)19-9-6-12-25(19)22(26)14-18-15-29-23(24-18)16-7-4-3-5-8-16/h3-5,7-8,10-11,13,15,19H,6,9,12,14H2,1-2H3. The first-order valence-corrected chi connectivity index (χ1v) is 9.71. The summed E-state index contributed by atoms with van der Waals surface area (Å²) < 4.78 is 16.3. The highest BCUT2D eigenvalue weighted by Crippen LogP contribution is 2.37. The van der Waals surface area contributed by atoms with E-state index in [-0.39, 0.29) is 18.4 Å². The molecule has 6 heteroatoms. The zero-order valence-electron chi connectivity index (χ0n) is 16.6. The number of likely N-dealkylation sites (tertiary alicyclic amines) is 1. The number of rotatable bonds is 6. The van der Waals surface area contributed by atoms with Gasteiger partial charge in [0.15, 0.2) is 11.5 Å². The molecule has 1 amide bonds. The number of aromatic nitrogens is 1. The molecule has 2 aromatic carbocycles. The predicted molar refractivity (Wildman–Crippen MR) is 109 cm³/mol. The second kappa shape index (κ2) is 8.39. The molecule has 0 saturated carbocycles. The van der Waals surface area contributed by atoms with Gasteiger partial charge in [0.25, 0.3) is 0 Å². The molecule has 1 unspecified atom stereocenters. The fraction of sp³-hybridized carbons (Fsp3) is 0.304. The lowest BCUT2D eigenvalue weighted by atomic mass is 10.0. The summed E-state index contributed by atoms with van der Waals surface area (Å²) in [7, 11) is 3.23. The summed E-state index contributed by atoms with van der Waals surface area (Å²) in [5.74, 6) is 1.94. The minimum atomic E-state index is 0.0304. The SMILES string of the molecule is COc1ccc(C2CCCN2C(=O)Cc2coc(-c3ccccc3)n2)cc1OC. The molecule has 4 rings (SSSR count). The van der Waals surface area contributed by atoms with Crippen LogP contribution in [-0.4, -0.2) is 36.6 Å². The van der Waals surface area contributed by atoms with Crippen LogP contribution in [0, 0.1) is 0 Å². The molecule has 1 aliphatic rings. The van der Waals surface area contributed by atoms with Gasteiger partial charge in [-0.25, -0.2) is 4.98 Å². The van der Waals surface area contributed by atoms with Crippen molar-refractivity contribution < 1.29 is 18.7 Å². The van der Waals surface area contributed by atoms with Gasteiger partial charge < -0.3 is 18.8 Å². The highest BCUT2D eigenvalue weighted by molar-refractivity contribution is 5.79. The molecule has 2 heterocycles. The molecule has 0 bridgehead atoms. The van der Waals surface area contributed by atoms with Gasteiger partial charge in [-0.1, -0.05) is 24.3 Å². The van der Waals surface area contributed by atoms with Crippen LogP contribution < -0.4 is 9.47 Å². The first-order chi connectivity index (χ1) is 14.2. The van der Waals surface area contributed by atoms with Gasteiger partial charge in [0, 0.05) is 12.1 Å². The van der Waals surface area contributed by atoms with E-state index in [1.165, 1.54) is 0 Å². The zero-order valence-corrected chi connectivity index (χ0v) is 16.6. The Morgan fingerprint density at radius 1 is 1.14 bits per heavy atom. The highest BCUT2D eigenvalue weighted by atomic mass is 16.5. The van der Waals surface area contributed by atoms with Gasteiger partial charge >= 0.3 is 0 Å². The topological polar surface area (TPSA) is 64.8 Å². The number of ether oxygens (including phenoxy) is 2. The van der Waals surface area contributed by atoms with Crippen molar-refractivity contribution in [3.05, 3.63) is 66.1 Å². The number of oxazole rings is 1. The van der Waals surface area contributed by atoms with Crippen LogP contribution in [0.3, 0.4) is 0 Å². The van der Waals surface area contributed by atoms with Crippen molar-refractivity contribution in [1.29, 1.82) is 0 Å². The lowest BCUT2D eigenvalue weighted by Gasteiger charge is -2.25. The summed E-state index contributed by atoms with van der Waals surface area (Å²) in [5, 5.41) is 0. The van der Waals surface area contributed by atoms with Gasteiger partial charge in [-0.3, -0.25) is 4.79 Å². The maximum Gasteiger partial charge on any atom is 0.229 e. The van der Waals surface area contributed by atoms with Crippen LogP contribution in [0.1, 0.15) is 30.1 Å². The maximum atomic E-state index is 13.0. The Kier molecular flexibility index (Phi) is 5.51. The van der Waals surface area contributed by atoms with Crippen molar-refractivity contribution in [3.8, 4) is 23.0 Å². The van der Waals surface area contributed by atoms with Gasteiger partial charge in [0.2, 0.25) is 11.8 Å². The smallest absolute Gasteiger partial charge is 0.229 e. The first kappa shape index (κ1) is 19.1. The largest absolute Gasteiger partial charge is 0.493 e. The van der Waals surface area contributed by atoms with E-state index in [0.717, 1.165) is 30.5 Å². The third-order valence-corrected chi connectivity index (χ3v) is 5.27. The zero-order chi connectivity index (χ0) is 20.2. The molecule has 0 N–H and O–H groups in total. The van der Waals surface area contributed by atoms with Gasteiger partial charge in [-0.15, -0.1) is 0 Å². The van der Waals surface area contributed by atoms with E-state index in [2.05, 4.69) is 4.98 Å².